The quantitative estimate of drug-likeness (QED) is 0.404. The van der Waals surface area contributed by atoms with Crippen molar-refractivity contribution in [3.05, 3.63) is 70.7 Å². The van der Waals surface area contributed by atoms with Gasteiger partial charge in [0, 0.05) is 16.8 Å². The first-order valence-corrected chi connectivity index (χ1v) is 12.5. The van der Waals surface area contributed by atoms with Crippen LogP contribution in [-0.2, 0) is 14.8 Å². The summed E-state index contributed by atoms with van der Waals surface area (Å²) in [7, 11) is -0.994. The number of carbonyl (C=O) groups is 1. The predicted molar refractivity (Wildman–Crippen MR) is 136 cm³/mol. The molecule has 8 nitrogen and oxygen atoms in total. The summed E-state index contributed by atoms with van der Waals surface area (Å²) in [6.45, 7) is 5.35. The molecule has 1 atom stereocenters. The number of methoxy groups -OCH3 is 2. The maximum atomic E-state index is 12.9. The van der Waals surface area contributed by atoms with E-state index in [9.17, 15) is 13.2 Å². The van der Waals surface area contributed by atoms with Gasteiger partial charge in [-0.25, -0.2) is 8.42 Å². The number of carbonyl (C=O) groups excluding carboxylic acids is 1. The van der Waals surface area contributed by atoms with E-state index in [1.54, 1.807) is 31.2 Å². The van der Waals surface area contributed by atoms with Gasteiger partial charge in [-0.2, -0.15) is 0 Å². The lowest BCUT2D eigenvalue weighted by atomic mass is 10.1. The Bertz CT molecular complexity index is 1300. The van der Waals surface area contributed by atoms with Gasteiger partial charge in [-0.15, -0.1) is 0 Å². The number of anilines is 2. The molecule has 0 saturated heterocycles. The molecule has 186 valence electrons. The van der Waals surface area contributed by atoms with Gasteiger partial charge in [0.25, 0.3) is 15.9 Å². The number of hydrogen-bond acceptors (Lipinski definition) is 6. The number of sulfonamides is 1. The largest absolute Gasteiger partial charge is 0.497 e. The van der Waals surface area contributed by atoms with E-state index in [-0.39, 0.29) is 16.5 Å². The highest BCUT2D eigenvalue weighted by Gasteiger charge is 2.19. The lowest BCUT2D eigenvalue weighted by Crippen LogP contribution is -2.30. The highest BCUT2D eigenvalue weighted by molar-refractivity contribution is 7.92. The van der Waals surface area contributed by atoms with Gasteiger partial charge in [0.15, 0.2) is 6.10 Å². The number of halogens is 1. The summed E-state index contributed by atoms with van der Waals surface area (Å²) in [5.74, 6) is 0.970. The van der Waals surface area contributed by atoms with Gasteiger partial charge in [0.05, 0.1) is 24.8 Å². The molecule has 0 unspecified atom stereocenters. The van der Waals surface area contributed by atoms with Crippen LogP contribution in [-0.4, -0.2) is 34.6 Å². The fourth-order valence-corrected chi connectivity index (χ4v) is 4.46. The van der Waals surface area contributed by atoms with Crippen LogP contribution >= 0.6 is 11.6 Å². The average molecular weight is 519 g/mol. The Morgan fingerprint density at radius 2 is 1.54 bits per heavy atom. The summed E-state index contributed by atoms with van der Waals surface area (Å²) in [4.78, 5) is 12.6. The lowest BCUT2D eigenvalue weighted by Gasteiger charge is -2.16. The highest BCUT2D eigenvalue weighted by Crippen LogP contribution is 2.31. The van der Waals surface area contributed by atoms with Gasteiger partial charge in [0.2, 0.25) is 0 Å². The fourth-order valence-electron chi connectivity index (χ4n) is 3.29. The first kappa shape index (κ1) is 26.2. The van der Waals surface area contributed by atoms with E-state index < -0.39 is 16.1 Å². The number of nitrogens with one attached hydrogen (secondary N) is 2. The fraction of sp³-hybridized carbons (Fsp3) is 0.240. The van der Waals surface area contributed by atoms with Crippen molar-refractivity contribution in [1.82, 2.24) is 0 Å². The molecule has 3 aromatic rings. The number of benzene rings is 3. The number of amides is 1. The molecule has 0 aliphatic carbocycles. The van der Waals surface area contributed by atoms with Crippen molar-refractivity contribution in [3.63, 3.8) is 0 Å². The third kappa shape index (κ3) is 6.37. The molecule has 0 bridgehead atoms. The molecule has 3 aromatic carbocycles. The molecule has 10 heteroatoms. The third-order valence-electron chi connectivity index (χ3n) is 5.18. The Kier molecular flexibility index (Phi) is 8.14. The maximum absolute atomic E-state index is 12.9. The number of ether oxygens (including phenoxy) is 3. The van der Waals surface area contributed by atoms with E-state index in [1.165, 1.54) is 44.6 Å². The summed E-state index contributed by atoms with van der Waals surface area (Å²) in [5, 5.41) is 3.38. The van der Waals surface area contributed by atoms with Crippen LogP contribution < -0.4 is 24.2 Å². The molecule has 2 N–H and O–H groups in total. The van der Waals surface area contributed by atoms with Gasteiger partial charge in [0.1, 0.15) is 17.2 Å². The number of rotatable bonds is 9. The molecule has 0 aliphatic rings. The maximum Gasteiger partial charge on any atom is 0.265 e. The van der Waals surface area contributed by atoms with Crippen molar-refractivity contribution >= 4 is 38.9 Å². The van der Waals surface area contributed by atoms with Crippen molar-refractivity contribution in [2.75, 3.05) is 24.3 Å². The predicted octanol–water partition coefficient (Wildman–Crippen LogP) is 5.18. The van der Waals surface area contributed by atoms with Crippen molar-refractivity contribution in [1.29, 1.82) is 0 Å². The molecule has 3 rings (SSSR count). The minimum absolute atomic E-state index is 0.0109. The molecule has 0 aromatic heterocycles. The van der Waals surface area contributed by atoms with E-state index in [0.717, 1.165) is 11.1 Å². The van der Waals surface area contributed by atoms with Crippen LogP contribution in [0.25, 0.3) is 0 Å². The van der Waals surface area contributed by atoms with Crippen LogP contribution in [0.15, 0.2) is 59.5 Å². The minimum atomic E-state index is -3.92. The number of hydrogen-bond donors (Lipinski definition) is 2. The molecule has 0 fully saturated rings. The van der Waals surface area contributed by atoms with E-state index in [2.05, 4.69) is 10.0 Å². The van der Waals surface area contributed by atoms with E-state index in [1.807, 2.05) is 13.8 Å². The van der Waals surface area contributed by atoms with Crippen LogP contribution in [0, 0.1) is 13.8 Å². The van der Waals surface area contributed by atoms with Gasteiger partial charge in [-0.1, -0.05) is 11.6 Å². The Hall–Kier alpha value is -3.43. The molecule has 0 heterocycles. The van der Waals surface area contributed by atoms with Crippen LogP contribution in [0.1, 0.15) is 18.1 Å². The van der Waals surface area contributed by atoms with Crippen LogP contribution in [0.2, 0.25) is 5.02 Å². The monoisotopic (exact) mass is 518 g/mol. The summed E-state index contributed by atoms with van der Waals surface area (Å²) in [6.07, 6.45) is -0.791. The van der Waals surface area contributed by atoms with Crippen molar-refractivity contribution in [2.24, 2.45) is 0 Å². The summed E-state index contributed by atoms with van der Waals surface area (Å²) in [5.41, 5.74) is 2.37. The average Bonchev–Trinajstić information content (AvgIpc) is 2.82. The van der Waals surface area contributed by atoms with Crippen LogP contribution in [0.4, 0.5) is 11.4 Å². The second kappa shape index (κ2) is 10.9. The van der Waals surface area contributed by atoms with Crippen LogP contribution in [0.3, 0.4) is 0 Å². The minimum Gasteiger partial charge on any atom is -0.497 e. The van der Waals surface area contributed by atoms with Crippen molar-refractivity contribution < 1.29 is 27.4 Å². The topological polar surface area (TPSA) is 103 Å². The second-order valence-corrected chi connectivity index (χ2v) is 9.88. The van der Waals surface area contributed by atoms with E-state index in [4.69, 9.17) is 25.8 Å². The van der Waals surface area contributed by atoms with E-state index in [0.29, 0.717) is 28.0 Å². The Labute approximate surface area is 210 Å². The normalized spacial score (nSPS) is 11.9. The Morgan fingerprint density at radius 3 is 2.11 bits per heavy atom. The van der Waals surface area contributed by atoms with Crippen molar-refractivity contribution in [3.8, 4) is 17.2 Å². The van der Waals surface area contributed by atoms with Crippen LogP contribution in [0.5, 0.6) is 17.2 Å². The summed E-state index contributed by atoms with van der Waals surface area (Å²) < 4.78 is 44.4. The molecule has 0 saturated carbocycles. The van der Waals surface area contributed by atoms with Gasteiger partial charge in [-0.3, -0.25) is 9.52 Å². The summed E-state index contributed by atoms with van der Waals surface area (Å²) >= 11 is 6.18. The lowest BCUT2D eigenvalue weighted by molar-refractivity contribution is -0.122. The summed E-state index contributed by atoms with van der Waals surface area (Å²) in [6, 6.07) is 14.1. The zero-order valence-corrected chi connectivity index (χ0v) is 21.6. The molecular formula is C25H27ClN2O6S. The smallest absolute Gasteiger partial charge is 0.265 e. The third-order valence-corrected chi connectivity index (χ3v) is 7.15. The molecule has 35 heavy (non-hydrogen) atoms. The second-order valence-electron chi connectivity index (χ2n) is 7.82. The van der Waals surface area contributed by atoms with E-state index >= 15 is 0 Å². The number of aryl methyl sites for hydroxylation is 2. The van der Waals surface area contributed by atoms with Gasteiger partial charge >= 0.3 is 0 Å². The van der Waals surface area contributed by atoms with Gasteiger partial charge in [-0.05, 0) is 80.4 Å². The zero-order chi connectivity index (χ0) is 25.8. The molecule has 0 aliphatic heterocycles. The standard InChI is InChI=1S/C25H27ClN2O6S/c1-15-12-20(13-16(2)24(15)26)34-17(3)25(29)27-18-6-9-21(10-7-18)35(30,31)28-22-14-19(32-4)8-11-23(22)33-5/h6-14,17,28H,1-5H3,(H,27,29)/t17-/m1/s1. The highest BCUT2D eigenvalue weighted by atomic mass is 35.5. The first-order valence-electron chi connectivity index (χ1n) is 10.6. The molecule has 0 spiro atoms. The molecule has 0 radical (unpaired) electrons. The Morgan fingerprint density at radius 1 is 0.914 bits per heavy atom. The first-order chi connectivity index (χ1) is 16.5. The van der Waals surface area contributed by atoms with Gasteiger partial charge < -0.3 is 19.5 Å². The SMILES string of the molecule is COc1ccc(OC)c(NS(=O)(=O)c2ccc(NC(=O)[C@@H](C)Oc3cc(C)c(Cl)c(C)c3)cc2)c1. The molecule has 1 amide bonds. The zero-order valence-electron chi connectivity index (χ0n) is 20.0. The van der Waals surface area contributed by atoms with Crippen molar-refractivity contribution in [2.45, 2.75) is 31.8 Å². The molecular weight excluding hydrogens is 492 g/mol. The Balaban J connectivity index is 1.69.